The molecule has 2 aliphatic heterocycles. The van der Waals surface area contributed by atoms with E-state index in [1.807, 2.05) is 6.92 Å². The van der Waals surface area contributed by atoms with Crippen LogP contribution in [0, 0.1) is 12.7 Å². The fraction of sp³-hybridized carbons (Fsp3) is 0.409. The van der Waals surface area contributed by atoms with Crippen LogP contribution in [0.2, 0.25) is 0 Å². The third-order valence-corrected chi connectivity index (χ3v) is 6.06. The Morgan fingerprint density at radius 1 is 1.30 bits per heavy atom. The van der Waals surface area contributed by atoms with Crippen molar-refractivity contribution in [1.29, 1.82) is 0 Å². The molecule has 1 fully saturated rings. The SMILES string of the molecule is Cc1ccc(CNC(=O)c2cn3c(c(O)c2=O)C(=O)N2C[C@H]3CCC[C@@H]2C)c(F)c1. The second-order valence-corrected chi connectivity index (χ2v) is 8.15. The van der Waals surface area contributed by atoms with Gasteiger partial charge in [0.1, 0.15) is 11.4 Å². The van der Waals surface area contributed by atoms with Crippen LogP contribution < -0.4 is 10.7 Å². The van der Waals surface area contributed by atoms with Gasteiger partial charge >= 0.3 is 0 Å². The minimum absolute atomic E-state index is 0.0260. The zero-order valence-corrected chi connectivity index (χ0v) is 16.9. The number of aryl methyl sites for hydroxylation is 1. The van der Waals surface area contributed by atoms with Crippen LogP contribution >= 0.6 is 0 Å². The van der Waals surface area contributed by atoms with Crippen molar-refractivity contribution < 1.29 is 19.1 Å². The molecule has 2 aromatic rings. The zero-order chi connectivity index (χ0) is 21.6. The third kappa shape index (κ3) is 3.36. The first-order chi connectivity index (χ1) is 14.3. The molecule has 2 aliphatic rings. The Labute approximate surface area is 173 Å². The number of nitrogens with zero attached hydrogens (tertiary/aromatic N) is 2. The molecule has 0 aliphatic carbocycles. The van der Waals surface area contributed by atoms with Crippen molar-refractivity contribution in [3.8, 4) is 5.75 Å². The number of aromatic hydroxyl groups is 1. The molecule has 1 aromatic carbocycles. The normalized spacial score (nSPS) is 20.5. The molecule has 0 saturated carbocycles. The summed E-state index contributed by atoms with van der Waals surface area (Å²) in [5.41, 5.74) is -0.172. The highest BCUT2D eigenvalue weighted by Crippen LogP contribution is 2.34. The molecule has 30 heavy (non-hydrogen) atoms. The van der Waals surface area contributed by atoms with Crippen LogP contribution in [-0.4, -0.2) is 39.0 Å². The average molecular weight is 413 g/mol. The van der Waals surface area contributed by atoms with E-state index >= 15 is 0 Å². The fourth-order valence-electron chi connectivity index (χ4n) is 4.30. The lowest BCUT2D eigenvalue weighted by molar-refractivity contribution is 0.0604. The standard InChI is InChI=1S/C22H24FN3O4/c1-12-6-7-14(17(23)8-12)9-24-21(29)16-11-26-15-5-3-4-13(2)25(10-15)22(30)18(26)20(28)19(16)27/h6-8,11,13,15,28H,3-5,9-10H2,1-2H3,(H,24,29)/t13-,15+/m0/s1. The van der Waals surface area contributed by atoms with Gasteiger partial charge in [-0.3, -0.25) is 14.4 Å². The van der Waals surface area contributed by atoms with E-state index in [0.29, 0.717) is 12.1 Å². The van der Waals surface area contributed by atoms with Gasteiger partial charge in [-0.15, -0.1) is 0 Å². The number of carbonyl (C=O) groups excluding carboxylic acids is 2. The monoisotopic (exact) mass is 413 g/mol. The number of benzene rings is 1. The van der Waals surface area contributed by atoms with Gasteiger partial charge < -0.3 is 19.9 Å². The minimum Gasteiger partial charge on any atom is -0.503 e. The third-order valence-electron chi connectivity index (χ3n) is 6.06. The Bertz CT molecular complexity index is 1090. The summed E-state index contributed by atoms with van der Waals surface area (Å²) in [5, 5.41) is 13.1. The van der Waals surface area contributed by atoms with Crippen molar-refractivity contribution in [2.75, 3.05) is 6.54 Å². The molecular formula is C22H24FN3O4. The Morgan fingerprint density at radius 3 is 2.80 bits per heavy atom. The molecule has 0 unspecified atom stereocenters. The molecule has 8 heteroatoms. The van der Waals surface area contributed by atoms with Crippen molar-refractivity contribution >= 4 is 11.8 Å². The lowest BCUT2D eigenvalue weighted by Crippen LogP contribution is -2.47. The number of hydrogen-bond donors (Lipinski definition) is 2. The Hall–Kier alpha value is -3.16. The van der Waals surface area contributed by atoms with Crippen molar-refractivity contribution in [3.63, 3.8) is 0 Å². The van der Waals surface area contributed by atoms with Gasteiger partial charge in [0.2, 0.25) is 5.43 Å². The Morgan fingerprint density at radius 2 is 2.07 bits per heavy atom. The lowest BCUT2D eigenvalue weighted by atomic mass is 10.1. The topological polar surface area (TPSA) is 91.6 Å². The van der Waals surface area contributed by atoms with E-state index in [-0.39, 0.29) is 29.9 Å². The summed E-state index contributed by atoms with van der Waals surface area (Å²) in [6.07, 6.45) is 3.88. The molecule has 2 amide bonds. The van der Waals surface area contributed by atoms with Gasteiger partial charge in [0, 0.05) is 30.9 Å². The zero-order valence-electron chi connectivity index (χ0n) is 16.9. The van der Waals surface area contributed by atoms with Crippen LogP contribution in [0.4, 0.5) is 4.39 Å². The van der Waals surface area contributed by atoms with Crippen LogP contribution in [0.25, 0.3) is 0 Å². The first-order valence-corrected chi connectivity index (χ1v) is 10.1. The van der Waals surface area contributed by atoms with Crippen LogP contribution in [-0.2, 0) is 6.54 Å². The van der Waals surface area contributed by atoms with Crippen LogP contribution in [0.1, 0.15) is 64.2 Å². The molecule has 4 rings (SSSR count). The Kier molecular flexibility index (Phi) is 5.09. The molecule has 3 heterocycles. The number of rotatable bonds is 3. The highest BCUT2D eigenvalue weighted by molar-refractivity contribution is 5.99. The quantitative estimate of drug-likeness (QED) is 0.809. The summed E-state index contributed by atoms with van der Waals surface area (Å²) >= 11 is 0. The fourth-order valence-corrected chi connectivity index (χ4v) is 4.30. The van der Waals surface area contributed by atoms with Gasteiger partial charge in [-0.1, -0.05) is 12.1 Å². The van der Waals surface area contributed by atoms with Crippen LogP contribution in [0.15, 0.2) is 29.2 Å². The van der Waals surface area contributed by atoms with Gasteiger partial charge in [0.25, 0.3) is 11.8 Å². The maximum atomic E-state index is 14.0. The first-order valence-electron chi connectivity index (χ1n) is 10.1. The van der Waals surface area contributed by atoms with E-state index in [9.17, 15) is 23.9 Å². The maximum absolute atomic E-state index is 14.0. The summed E-state index contributed by atoms with van der Waals surface area (Å²) in [4.78, 5) is 39.9. The second kappa shape index (κ2) is 7.59. The minimum atomic E-state index is -0.899. The number of fused-ring (bicyclic) bond motifs is 4. The summed E-state index contributed by atoms with van der Waals surface area (Å²) in [7, 11) is 0. The van der Waals surface area contributed by atoms with Gasteiger partial charge in [-0.05, 0) is 44.7 Å². The highest BCUT2D eigenvalue weighted by atomic mass is 19.1. The first kappa shape index (κ1) is 20.1. The number of amides is 2. The van der Waals surface area contributed by atoms with E-state index in [1.54, 1.807) is 28.5 Å². The van der Waals surface area contributed by atoms with Gasteiger partial charge in [-0.2, -0.15) is 0 Å². The van der Waals surface area contributed by atoms with E-state index in [1.165, 1.54) is 12.3 Å². The largest absolute Gasteiger partial charge is 0.503 e. The van der Waals surface area contributed by atoms with Crippen molar-refractivity contribution in [2.45, 2.75) is 51.7 Å². The molecular weight excluding hydrogens is 389 g/mol. The predicted octanol–water partition coefficient (Wildman–Crippen LogP) is 2.50. The number of pyridine rings is 1. The second-order valence-electron chi connectivity index (χ2n) is 8.15. The van der Waals surface area contributed by atoms with Gasteiger partial charge in [0.05, 0.1) is 6.04 Å². The number of carbonyl (C=O) groups is 2. The number of nitrogens with one attached hydrogen (secondary N) is 1. The molecule has 2 bridgehead atoms. The van der Waals surface area contributed by atoms with E-state index in [4.69, 9.17) is 0 Å². The number of aromatic nitrogens is 1. The van der Waals surface area contributed by atoms with E-state index in [0.717, 1.165) is 24.8 Å². The van der Waals surface area contributed by atoms with Crippen molar-refractivity contribution in [3.05, 3.63) is 62.8 Å². The summed E-state index contributed by atoms with van der Waals surface area (Å²) in [6.45, 7) is 4.10. The van der Waals surface area contributed by atoms with Gasteiger partial charge in [-0.25, -0.2) is 4.39 Å². The molecule has 1 saturated heterocycles. The molecule has 2 N–H and O–H groups in total. The molecule has 0 radical (unpaired) electrons. The van der Waals surface area contributed by atoms with Crippen LogP contribution in [0.3, 0.4) is 0 Å². The van der Waals surface area contributed by atoms with Crippen LogP contribution in [0.5, 0.6) is 5.75 Å². The predicted molar refractivity (Wildman–Crippen MR) is 108 cm³/mol. The summed E-state index contributed by atoms with van der Waals surface area (Å²) < 4.78 is 15.6. The maximum Gasteiger partial charge on any atom is 0.274 e. The van der Waals surface area contributed by atoms with E-state index < -0.39 is 28.8 Å². The highest BCUT2D eigenvalue weighted by Gasteiger charge is 2.38. The van der Waals surface area contributed by atoms with Crippen molar-refractivity contribution in [2.24, 2.45) is 0 Å². The molecule has 7 nitrogen and oxygen atoms in total. The average Bonchev–Trinajstić information content (AvgIpc) is 2.87. The lowest BCUT2D eigenvalue weighted by Gasteiger charge is -2.37. The van der Waals surface area contributed by atoms with Gasteiger partial charge in [0.15, 0.2) is 11.4 Å². The smallest absolute Gasteiger partial charge is 0.274 e. The summed E-state index contributed by atoms with van der Waals surface area (Å²) in [5.74, 6) is -2.28. The molecule has 1 aromatic heterocycles. The van der Waals surface area contributed by atoms with Crippen molar-refractivity contribution in [1.82, 2.24) is 14.8 Å². The number of halogens is 1. The molecule has 0 spiro atoms. The molecule has 2 atom stereocenters. The number of hydrogen-bond acceptors (Lipinski definition) is 4. The van der Waals surface area contributed by atoms with E-state index in [2.05, 4.69) is 5.32 Å². The Balaban J connectivity index is 1.66. The summed E-state index contributed by atoms with van der Waals surface area (Å²) in [6, 6.07) is 4.58. The molecule has 158 valence electrons.